The third kappa shape index (κ3) is 8.74. The summed E-state index contributed by atoms with van der Waals surface area (Å²) in [6.45, 7) is 9.81. The molecule has 4 heteroatoms. The quantitative estimate of drug-likeness (QED) is 0.566. The summed E-state index contributed by atoms with van der Waals surface area (Å²) in [6, 6.07) is 10.2. The molecular weight excluding hydrogens is 286 g/mol. The van der Waals surface area contributed by atoms with Crippen molar-refractivity contribution in [1.29, 1.82) is 0 Å². The van der Waals surface area contributed by atoms with Gasteiger partial charge in [0.25, 0.3) is 0 Å². The standard InChI is InChI=1S/C17H26ClNO2/c1-14(18)12-19(13-15-8-6-5-7-9-15)11-10-16(20)21-17(2,3)4/h5-9,14H,10-13H2,1-4H3. The third-order valence-electron chi connectivity index (χ3n) is 2.81. The summed E-state index contributed by atoms with van der Waals surface area (Å²) < 4.78 is 5.34. The number of hydrogen-bond acceptors (Lipinski definition) is 3. The van der Waals surface area contributed by atoms with Crippen LogP contribution in [-0.2, 0) is 16.1 Å². The predicted octanol–water partition coefficient (Wildman–Crippen LogP) is 3.85. The minimum atomic E-state index is -0.429. The van der Waals surface area contributed by atoms with E-state index in [1.54, 1.807) is 0 Å². The van der Waals surface area contributed by atoms with Gasteiger partial charge in [-0.15, -0.1) is 11.6 Å². The summed E-state index contributed by atoms with van der Waals surface area (Å²) in [7, 11) is 0. The molecule has 3 nitrogen and oxygen atoms in total. The first kappa shape index (κ1) is 18.0. The number of esters is 1. The average molecular weight is 312 g/mol. The number of alkyl halides is 1. The van der Waals surface area contributed by atoms with Crippen molar-refractivity contribution < 1.29 is 9.53 Å². The maximum Gasteiger partial charge on any atom is 0.307 e. The molecule has 0 amide bonds. The molecule has 1 aromatic carbocycles. The lowest BCUT2D eigenvalue weighted by molar-refractivity contribution is -0.155. The molecule has 1 atom stereocenters. The highest BCUT2D eigenvalue weighted by Crippen LogP contribution is 2.11. The number of nitrogens with zero attached hydrogens (tertiary/aromatic N) is 1. The van der Waals surface area contributed by atoms with Crippen molar-refractivity contribution in [3.8, 4) is 0 Å². The Morgan fingerprint density at radius 3 is 2.43 bits per heavy atom. The topological polar surface area (TPSA) is 29.5 Å². The third-order valence-corrected chi connectivity index (χ3v) is 2.95. The van der Waals surface area contributed by atoms with Crippen molar-refractivity contribution in [2.45, 2.75) is 51.6 Å². The van der Waals surface area contributed by atoms with Crippen LogP contribution in [0.5, 0.6) is 0 Å². The van der Waals surface area contributed by atoms with Crippen molar-refractivity contribution in [3.63, 3.8) is 0 Å². The second-order valence-corrected chi connectivity index (χ2v) is 7.08. The van der Waals surface area contributed by atoms with Gasteiger partial charge in [-0.3, -0.25) is 9.69 Å². The average Bonchev–Trinajstić information content (AvgIpc) is 2.34. The normalized spacial score (nSPS) is 13.2. The molecule has 0 radical (unpaired) electrons. The van der Waals surface area contributed by atoms with Gasteiger partial charge in [-0.2, -0.15) is 0 Å². The maximum atomic E-state index is 11.8. The zero-order valence-corrected chi connectivity index (χ0v) is 14.2. The molecule has 1 aromatic rings. The van der Waals surface area contributed by atoms with Crippen LogP contribution < -0.4 is 0 Å². The summed E-state index contributed by atoms with van der Waals surface area (Å²) in [5, 5.41) is 0.0485. The van der Waals surface area contributed by atoms with E-state index in [0.717, 1.165) is 13.1 Å². The van der Waals surface area contributed by atoms with Gasteiger partial charge < -0.3 is 4.74 Å². The molecule has 0 N–H and O–H groups in total. The molecule has 118 valence electrons. The van der Waals surface area contributed by atoms with Gasteiger partial charge in [0.2, 0.25) is 0 Å². The second-order valence-electron chi connectivity index (χ2n) is 6.34. The van der Waals surface area contributed by atoms with Crippen molar-refractivity contribution in [3.05, 3.63) is 35.9 Å². The fourth-order valence-corrected chi connectivity index (χ4v) is 2.27. The Labute approximate surface area is 133 Å². The molecule has 0 heterocycles. The van der Waals surface area contributed by atoms with Gasteiger partial charge in [0, 0.05) is 25.0 Å². The van der Waals surface area contributed by atoms with E-state index in [9.17, 15) is 4.79 Å². The van der Waals surface area contributed by atoms with Crippen LogP contribution >= 0.6 is 11.6 Å². The molecule has 0 aliphatic carbocycles. The number of benzene rings is 1. The van der Waals surface area contributed by atoms with Gasteiger partial charge in [-0.1, -0.05) is 30.3 Å². The molecule has 0 spiro atoms. The van der Waals surface area contributed by atoms with E-state index in [1.165, 1.54) is 5.56 Å². The Morgan fingerprint density at radius 1 is 1.29 bits per heavy atom. The van der Waals surface area contributed by atoms with E-state index in [1.807, 2.05) is 45.9 Å². The number of halogens is 1. The zero-order chi connectivity index (χ0) is 15.9. The van der Waals surface area contributed by atoms with E-state index in [-0.39, 0.29) is 11.3 Å². The highest BCUT2D eigenvalue weighted by atomic mass is 35.5. The van der Waals surface area contributed by atoms with Crippen molar-refractivity contribution in [2.75, 3.05) is 13.1 Å². The van der Waals surface area contributed by atoms with E-state index >= 15 is 0 Å². The molecule has 0 saturated carbocycles. The summed E-state index contributed by atoms with van der Waals surface area (Å²) in [6.07, 6.45) is 0.383. The molecular formula is C17H26ClNO2. The van der Waals surface area contributed by atoms with Crippen molar-refractivity contribution in [2.24, 2.45) is 0 Å². The van der Waals surface area contributed by atoms with Crippen LogP contribution in [0.15, 0.2) is 30.3 Å². The van der Waals surface area contributed by atoms with Crippen molar-refractivity contribution >= 4 is 17.6 Å². The van der Waals surface area contributed by atoms with Crippen LogP contribution in [0.1, 0.15) is 39.7 Å². The lowest BCUT2D eigenvalue weighted by Gasteiger charge is -2.25. The first-order valence-corrected chi connectivity index (χ1v) is 7.82. The van der Waals surface area contributed by atoms with Gasteiger partial charge in [-0.05, 0) is 33.3 Å². The van der Waals surface area contributed by atoms with Crippen LogP contribution in [0.3, 0.4) is 0 Å². The van der Waals surface area contributed by atoms with Crippen LogP contribution in [0.25, 0.3) is 0 Å². The summed E-state index contributed by atoms with van der Waals surface area (Å²) in [5.41, 5.74) is 0.792. The Morgan fingerprint density at radius 2 is 1.90 bits per heavy atom. The minimum Gasteiger partial charge on any atom is -0.460 e. The zero-order valence-electron chi connectivity index (χ0n) is 13.4. The number of hydrogen-bond donors (Lipinski definition) is 0. The van der Waals surface area contributed by atoms with E-state index in [0.29, 0.717) is 13.0 Å². The van der Waals surface area contributed by atoms with Gasteiger partial charge in [-0.25, -0.2) is 0 Å². The Hall–Kier alpha value is -1.06. The highest BCUT2D eigenvalue weighted by Gasteiger charge is 2.17. The Kier molecular flexibility index (Phi) is 7.20. The molecule has 0 aliphatic heterocycles. The SMILES string of the molecule is CC(Cl)CN(CCC(=O)OC(C)(C)C)Cc1ccccc1. The van der Waals surface area contributed by atoms with Crippen LogP contribution in [0.2, 0.25) is 0 Å². The molecule has 1 rings (SSSR count). The lowest BCUT2D eigenvalue weighted by atomic mass is 10.2. The molecule has 0 bridgehead atoms. The predicted molar refractivity (Wildman–Crippen MR) is 87.5 cm³/mol. The van der Waals surface area contributed by atoms with E-state index in [2.05, 4.69) is 17.0 Å². The molecule has 0 aliphatic rings. The molecule has 21 heavy (non-hydrogen) atoms. The monoisotopic (exact) mass is 311 g/mol. The Balaban J connectivity index is 2.52. The molecule has 0 saturated heterocycles. The van der Waals surface area contributed by atoms with Crippen LogP contribution in [-0.4, -0.2) is 34.9 Å². The first-order valence-electron chi connectivity index (χ1n) is 7.38. The maximum absolute atomic E-state index is 11.8. The first-order chi connectivity index (χ1) is 9.76. The summed E-state index contributed by atoms with van der Waals surface area (Å²) >= 11 is 6.10. The van der Waals surface area contributed by atoms with Gasteiger partial charge in [0.15, 0.2) is 0 Å². The molecule has 1 unspecified atom stereocenters. The number of ether oxygens (including phenoxy) is 1. The van der Waals surface area contributed by atoms with Gasteiger partial charge >= 0.3 is 5.97 Å². The van der Waals surface area contributed by atoms with Crippen LogP contribution in [0.4, 0.5) is 0 Å². The van der Waals surface area contributed by atoms with Crippen molar-refractivity contribution in [1.82, 2.24) is 4.90 Å². The molecule has 0 fully saturated rings. The summed E-state index contributed by atoms with van der Waals surface area (Å²) in [5.74, 6) is -0.164. The van der Waals surface area contributed by atoms with E-state index in [4.69, 9.17) is 16.3 Å². The second kappa shape index (κ2) is 8.40. The lowest BCUT2D eigenvalue weighted by Crippen LogP contribution is -2.32. The Bertz CT molecular complexity index is 426. The largest absolute Gasteiger partial charge is 0.460 e. The van der Waals surface area contributed by atoms with E-state index < -0.39 is 5.60 Å². The fraction of sp³-hybridized carbons (Fsp3) is 0.588. The minimum absolute atomic E-state index is 0.0485. The van der Waals surface area contributed by atoms with Gasteiger partial charge in [0.1, 0.15) is 5.60 Å². The smallest absolute Gasteiger partial charge is 0.307 e. The summed E-state index contributed by atoms with van der Waals surface area (Å²) in [4.78, 5) is 14.0. The fourth-order valence-electron chi connectivity index (χ4n) is 2.07. The highest BCUT2D eigenvalue weighted by molar-refractivity contribution is 6.20. The number of carbonyl (C=O) groups excluding carboxylic acids is 1. The number of carbonyl (C=O) groups is 1. The number of rotatable bonds is 7. The van der Waals surface area contributed by atoms with Gasteiger partial charge in [0.05, 0.1) is 6.42 Å². The molecule has 0 aromatic heterocycles. The van der Waals surface area contributed by atoms with Crippen LogP contribution in [0, 0.1) is 0 Å².